The monoisotopic (exact) mass is 557 g/mol. The van der Waals surface area contributed by atoms with E-state index < -0.39 is 0 Å². The number of pyridine rings is 1. The summed E-state index contributed by atoms with van der Waals surface area (Å²) in [7, 11) is 0. The van der Waals surface area contributed by atoms with Crippen molar-refractivity contribution in [3.63, 3.8) is 0 Å². The Bertz CT molecular complexity index is 1710. The second-order valence-corrected chi connectivity index (χ2v) is 12.0. The summed E-state index contributed by atoms with van der Waals surface area (Å²) in [6, 6.07) is 24.1. The van der Waals surface area contributed by atoms with E-state index in [0.717, 1.165) is 76.3 Å². The summed E-state index contributed by atoms with van der Waals surface area (Å²) in [5.41, 5.74) is 9.09. The molecule has 2 aromatic heterocycles. The SMILES string of the molecule is C=CCCN(CCC)c1ccc2nccc(Nc3ccc(-c4nc5ccc(NC6CC7(CNC7)C6)cc5[nH]4)cc3)c2c1. The molecule has 0 bridgehead atoms. The lowest BCUT2D eigenvalue weighted by Crippen LogP contribution is -2.63. The maximum Gasteiger partial charge on any atom is 0.138 e. The van der Waals surface area contributed by atoms with E-state index in [9.17, 15) is 0 Å². The predicted octanol–water partition coefficient (Wildman–Crippen LogP) is 7.48. The summed E-state index contributed by atoms with van der Waals surface area (Å²) in [6.07, 6.45) is 8.43. The van der Waals surface area contributed by atoms with Crippen molar-refractivity contribution in [3.8, 4) is 11.4 Å². The Morgan fingerprint density at radius 1 is 0.976 bits per heavy atom. The number of nitrogens with zero attached hydrogens (tertiary/aromatic N) is 3. The van der Waals surface area contributed by atoms with Gasteiger partial charge in [-0.25, -0.2) is 4.98 Å². The van der Waals surface area contributed by atoms with Crippen molar-refractivity contribution in [3.05, 3.63) is 85.6 Å². The second kappa shape index (κ2) is 11.1. The number of hydrogen-bond acceptors (Lipinski definition) is 6. The zero-order valence-corrected chi connectivity index (χ0v) is 24.3. The number of fused-ring (bicyclic) bond motifs is 2. The molecule has 7 rings (SSSR count). The lowest BCUT2D eigenvalue weighted by atomic mass is 9.61. The zero-order chi connectivity index (χ0) is 28.5. The van der Waals surface area contributed by atoms with Gasteiger partial charge in [0.05, 0.1) is 16.6 Å². The van der Waals surface area contributed by atoms with E-state index in [1.165, 1.54) is 31.6 Å². The van der Waals surface area contributed by atoms with Crippen LogP contribution in [0.1, 0.15) is 32.6 Å². The molecule has 3 aromatic carbocycles. The second-order valence-electron chi connectivity index (χ2n) is 12.0. The first-order valence-corrected chi connectivity index (χ1v) is 15.2. The Labute approximate surface area is 247 Å². The largest absolute Gasteiger partial charge is 0.382 e. The van der Waals surface area contributed by atoms with Crippen molar-refractivity contribution >= 4 is 44.7 Å². The van der Waals surface area contributed by atoms with Crippen LogP contribution in [0, 0.1) is 5.41 Å². The predicted molar refractivity (Wildman–Crippen MR) is 176 cm³/mol. The third kappa shape index (κ3) is 5.21. The molecular weight excluding hydrogens is 518 g/mol. The molecule has 0 unspecified atom stereocenters. The lowest BCUT2D eigenvalue weighted by Gasteiger charge is -2.54. The third-order valence-corrected chi connectivity index (χ3v) is 8.84. The molecule has 5 aromatic rings. The van der Waals surface area contributed by atoms with Crippen molar-refractivity contribution in [1.29, 1.82) is 0 Å². The first-order valence-electron chi connectivity index (χ1n) is 15.2. The van der Waals surface area contributed by atoms with Crippen molar-refractivity contribution in [2.45, 2.75) is 38.6 Å². The van der Waals surface area contributed by atoms with Gasteiger partial charge in [-0.2, -0.15) is 0 Å². The number of nitrogens with one attached hydrogen (secondary N) is 4. The zero-order valence-electron chi connectivity index (χ0n) is 24.3. The molecule has 0 amide bonds. The maximum atomic E-state index is 4.87. The van der Waals surface area contributed by atoms with Crippen LogP contribution in [0.5, 0.6) is 0 Å². The third-order valence-electron chi connectivity index (χ3n) is 8.84. The fraction of sp³-hybridized carbons (Fsp3) is 0.314. The molecule has 3 heterocycles. The van der Waals surface area contributed by atoms with Crippen LogP contribution >= 0.6 is 0 Å². The summed E-state index contributed by atoms with van der Waals surface area (Å²) >= 11 is 0. The van der Waals surface area contributed by atoms with Gasteiger partial charge in [0.15, 0.2) is 0 Å². The van der Waals surface area contributed by atoms with E-state index in [2.05, 4.69) is 105 Å². The van der Waals surface area contributed by atoms with Crippen molar-refractivity contribution in [2.24, 2.45) is 5.41 Å². The molecule has 1 saturated carbocycles. The van der Waals surface area contributed by atoms with Crippen LogP contribution in [0.2, 0.25) is 0 Å². The summed E-state index contributed by atoms with van der Waals surface area (Å²) in [5, 5.41) is 11.9. The molecule has 2 aliphatic rings. The molecule has 1 spiro atoms. The summed E-state index contributed by atoms with van der Waals surface area (Å²) in [6.45, 7) is 10.5. The van der Waals surface area contributed by atoms with Gasteiger partial charge in [-0.05, 0) is 97.8 Å². The van der Waals surface area contributed by atoms with Crippen molar-refractivity contribution in [2.75, 3.05) is 41.7 Å². The molecule has 0 atom stereocenters. The van der Waals surface area contributed by atoms with E-state index in [-0.39, 0.29) is 0 Å². The number of imidazole rings is 1. The van der Waals surface area contributed by atoms with Gasteiger partial charge in [0.25, 0.3) is 0 Å². The van der Waals surface area contributed by atoms with Gasteiger partial charge in [-0.3, -0.25) is 4.98 Å². The Morgan fingerprint density at radius 2 is 1.79 bits per heavy atom. The van der Waals surface area contributed by atoms with Gasteiger partial charge in [-0.1, -0.05) is 13.0 Å². The average Bonchev–Trinajstić information content (AvgIpc) is 3.40. The van der Waals surface area contributed by atoms with Crippen LogP contribution in [0.25, 0.3) is 33.3 Å². The lowest BCUT2D eigenvalue weighted by molar-refractivity contribution is 0.0470. The first-order chi connectivity index (χ1) is 20.6. The number of rotatable bonds is 11. The smallest absolute Gasteiger partial charge is 0.138 e. The van der Waals surface area contributed by atoms with E-state index in [1.807, 2.05) is 18.3 Å². The van der Waals surface area contributed by atoms with Gasteiger partial charge in [-0.15, -0.1) is 6.58 Å². The van der Waals surface area contributed by atoms with Crippen LogP contribution in [0.15, 0.2) is 85.6 Å². The Balaban J connectivity index is 1.07. The van der Waals surface area contributed by atoms with Crippen LogP contribution in [0.4, 0.5) is 22.7 Å². The van der Waals surface area contributed by atoms with Gasteiger partial charge < -0.3 is 25.8 Å². The minimum Gasteiger partial charge on any atom is -0.382 e. The number of benzene rings is 3. The van der Waals surface area contributed by atoms with Gasteiger partial charge in [0, 0.05) is 72.1 Å². The standard InChI is InChI=1S/C35H39N7/c1-3-5-17-42(16-4-2)28-11-13-30-29(19-28)31(14-15-37-30)39-25-8-6-24(7-9-25)34-40-32-12-10-26(18-33(32)41-34)38-27-20-35(21-27)22-36-23-35/h3,6-15,18-19,27,36,38H,1,4-5,16-17,20-23H2,2H3,(H,37,39)(H,40,41). The number of hydrogen-bond donors (Lipinski definition) is 4. The molecule has 7 heteroatoms. The molecule has 1 aliphatic carbocycles. The highest BCUT2D eigenvalue weighted by Gasteiger charge is 2.48. The normalized spacial score (nSPS) is 15.8. The number of aromatic nitrogens is 3. The van der Waals surface area contributed by atoms with E-state index in [1.54, 1.807) is 0 Å². The van der Waals surface area contributed by atoms with Gasteiger partial charge in [0.2, 0.25) is 0 Å². The van der Waals surface area contributed by atoms with E-state index in [4.69, 9.17) is 4.98 Å². The van der Waals surface area contributed by atoms with Crippen LogP contribution in [0.3, 0.4) is 0 Å². The number of H-pyrrole nitrogens is 1. The summed E-state index contributed by atoms with van der Waals surface area (Å²) < 4.78 is 0. The Kier molecular flexibility index (Phi) is 7.04. The quantitative estimate of drug-likeness (QED) is 0.126. The summed E-state index contributed by atoms with van der Waals surface area (Å²) in [5.74, 6) is 0.881. The molecule has 214 valence electrons. The van der Waals surface area contributed by atoms with Crippen molar-refractivity contribution in [1.82, 2.24) is 20.3 Å². The fourth-order valence-corrected chi connectivity index (χ4v) is 6.52. The van der Waals surface area contributed by atoms with Crippen LogP contribution < -0.4 is 20.9 Å². The van der Waals surface area contributed by atoms with Gasteiger partial charge >= 0.3 is 0 Å². The van der Waals surface area contributed by atoms with E-state index >= 15 is 0 Å². The molecular formula is C35H39N7. The highest BCUT2D eigenvalue weighted by molar-refractivity contribution is 5.95. The molecule has 1 saturated heterocycles. The fourth-order valence-electron chi connectivity index (χ4n) is 6.52. The highest BCUT2D eigenvalue weighted by atomic mass is 15.1. The van der Waals surface area contributed by atoms with E-state index in [0.29, 0.717) is 11.5 Å². The highest BCUT2D eigenvalue weighted by Crippen LogP contribution is 2.45. The minimum atomic E-state index is 0.568. The molecule has 0 radical (unpaired) electrons. The first kappa shape index (κ1) is 26.5. The molecule has 4 N–H and O–H groups in total. The molecule has 7 nitrogen and oxygen atoms in total. The van der Waals surface area contributed by atoms with Gasteiger partial charge in [0.1, 0.15) is 5.82 Å². The number of anilines is 4. The topological polar surface area (TPSA) is 80.9 Å². The van der Waals surface area contributed by atoms with Crippen molar-refractivity contribution < 1.29 is 0 Å². The molecule has 42 heavy (non-hydrogen) atoms. The number of aromatic amines is 1. The summed E-state index contributed by atoms with van der Waals surface area (Å²) in [4.78, 5) is 15.4. The molecule has 2 fully saturated rings. The average molecular weight is 558 g/mol. The maximum absolute atomic E-state index is 4.87. The Morgan fingerprint density at radius 3 is 2.55 bits per heavy atom. The Hall–Kier alpha value is -4.36. The molecule has 1 aliphatic heterocycles. The minimum absolute atomic E-state index is 0.568. The van der Waals surface area contributed by atoms with Crippen LogP contribution in [-0.2, 0) is 0 Å². The van der Waals surface area contributed by atoms with Crippen LogP contribution in [-0.4, -0.2) is 47.2 Å².